The average Bonchev–Trinajstić information content (AvgIpc) is 3.18. The number of carbonyl (C=O) groups excluding carboxylic acids is 1. The summed E-state index contributed by atoms with van der Waals surface area (Å²) in [5.74, 6) is 0.151. The first-order chi connectivity index (χ1) is 13.1. The van der Waals surface area contributed by atoms with E-state index in [1.54, 1.807) is 0 Å². The summed E-state index contributed by atoms with van der Waals surface area (Å²) >= 11 is 12.2. The van der Waals surface area contributed by atoms with Crippen molar-refractivity contribution in [2.45, 2.75) is 18.5 Å². The average molecular weight is 405 g/mol. The Bertz CT molecular complexity index is 823. The molecule has 4 rings (SSSR count). The molecule has 2 atom stereocenters. The second kappa shape index (κ2) is 8.07. The fourth-order valence-electron chi connectivity index (χ4n) is 3.74. The van der Waals surface area contributed by atoms with Gasteiger partial charge in [0.2, 0.25) is 5.91 Å². The van der Waals surface area contributed by atoms with Crippen molar-refractivity contribution >= 4 is 34.8 Å². The number of halogens is 2. The highest BCUT2D eigenvalue weighted by Crippen LogP contribution is 2.26. The van der Waals surface area contributed by atoms with Gasteiger partial charge in [-0.2, -0.15) is 0 Å². The molecule has 0 aromatic heterocycles. The molecule has 7 heteroatoms. The number of carbonyl (C=O) groups is 1. The molecule has 0 bridgehead atoms. The van der Waals surface area contributed by atoms with Crippen molar-refractivity contribution in [3.8, 4) is 0 Å². The topological polar surface area (TPSA) is 47.6 Å². The van der Waals surface area contributed by atoms with Crippen LogP contribution in [0.3, 0.4) is 0 Å². The third-order valence-electron chi connectivity index (χ3n) is 5.22. The van der Waals surface area contributed by atoms with Crippen molar-refractivity contribution in [2.24, 2.45) is 0 Å². The van der Waals surface area contributed by atoms with Crippen LogP contribution in [-0.2, 0) is 4.79 Å². The zero-order chi connectivity index (χ0) is 18.8. The van der Waals surface area contributed by atoms with E-state index in [-0.39, 0.29) is 18.0 Å². The predicted octanol–water partition coefficient (Wildman–Crippen LogP) is 3.25. The van der Waals surface area contributed by atoms with E-state index in [1.807, 2.05) is 47.4 Å². The lowest BCUT2D eigenvalue weighted by atomic mass is 10.0. The highest BCUT2D eigenvalue weighted by atomic mass is 35.5. The van der Waals surface area contributed by atoms with E-state index in [2.05, 4.69) is 21.8 Å². The lowest BCUT2D eigenvalue weighted by Crippen LogP contribution is -2.53. The van der Waals surface area contributed by atoms with Crippen LogP contribution in [0.2, 0.25) is 10.0 Å². The minimum Gasteiger partial charge on any atom is -0.368 e. The molecule has 2 aliphatic heterocycles. The molecular formula is C20H22Cl2N4O. The van der Waals surface area contributed by atoms with Gasteiger partial charge in [-0.05, 0) is 42.3 Å². The maximum absolute atomic E-state index is 12.9. The minimum absolute atomic E-state index is 0.0883. The Morgan fingerprint density at radius 2 is 1.63 bits per heavy atom. The first-order valence-electron chi connectivity index (χ1n) is 9.16. The summed E-state index contributed by atoms with van der Waals surface area (Å²) in [5, 5.41) is 1.44. The molecule has 2 aliphatic rings. The molecular weight excluding hydrogens is 383 g/mol. The lowest BCUT2D eigenvalue weighted by Gasteiger charge is -2.37. The van der Waals surface area contributed by atoms with E-state index < -0.39 is 0 Å². The van der Waals surface area contributed by atoms with Gasteiger partial charge in [-0.15, -0.1) is 0 Å². The molecule has 2 heterocycles. The minimum atomic E-state index is -0.216. The maximum Gasteiger partial charge on any atom is 0.241 e. The summed E-state index contributed by atoms with van der Waals surface area (Å²) in [6.07, 6.45) is 0.716. The van der Waals surface area contributed by atoms with Crippen LogP contribution in [0.1, 0.15) is 18.0 Å². The van der Waals surface area contributed by atoms with E-state index in [0.717, 1.165) is 29.4 Å². The lowest BCUT2D eigenvalue weighted by molar-refractivity contribution is -0.133. The number of anilines is 1. The Hall–Kier alpha value is -1.79. The molecule has 0 radical (unpaired) electrons. The van der Waals surface area contributed by atoms with Crippen LogP contribution >= 0.6 is 23.2 Å². The molecule has 2 aromatic carbocycles. The number of hydrazine groups is 1. The van der Waals surface area contributed by atoms with Crippen LogP contribution in [-0.4, -0.2) is 43.0 Å². The Morgan fingerprint density at radius 1 is 0.926 bits per heavy atom. The number of nitrogens with zero attached hydrogens (tertiary/aromatic N) is 2. The van der Waals surface area contributed by atoms with Gasteiger partial charge in [-0.25, -0.2) is 10.9 Å². The van der Waals surface area contributed by atoms with Gasteiger partial charge in [0.1, 0.15) is 6.04 Å². The molecule has 142 valence electrons. The van der Waals surface area contributed by atoms with E-state index in [1.165, 1.54) is 0 Å². The van der Waals surface area contributed by atoms with Crippen LogP contribution in [0.15, 0.2) is 48.5 Å². The van der Waals surface area contributed by atoms with Crippen LogP contribution in [0.5, 0.6) is 0 Å². The van der Waals surface area contributed by atoms with Gasteiger partial charge in [0.15, 0.2) is 0 Å². The van der Waals surface area contributed by atoms with Gasteiger partial charge < -0.3 is 9.80 Å². The van der Waals surface area contributed by atoms with Crippen molar-refractivity contribution in [2.75, 3.05) is 31.1 Å². The SMILES string of the molecule is O=C(C1CC(c2cccc(Cl)c2)NN1)N1CCN(c2cccc(Cl)c2)CC1. The predicted molar refractivity (Wildman–Crippen MR) is 109 cm³/mol. The van der Waals surface area contributed by atoms with Crippen LogP contribution < -0.4 is 15.8 Å². The summed E-state index contributed by atoms with van der Waals surface area (Å²) in [5.41, 5.74) is 8.59. The summed E-state index contributed by atoms with van der Waals surface area (Å²) < 4.78 is 0. The van der Waals surface area contributed by atoms with Gasteiger partial charge in [-0.3, -0.25) is 4.79 Å². The smallest absolute Gasteiger partial charge is 0.241 e. The maximum atomic E-state index is 12.9. The highest BCUT2D eigenvalue weighted by Gasteiger charge is 2.34. The summed E-state index contributed by atoms with van der Waals surface area (Å²) in [6, 6.07) is 15.5. The zero-order valence-electron chi connectivity index (χ0n) is 14.9. The molecule has 0 spiro atoms. The third-order valence-corrected chi connectivity index (χ3v) is 5.69. The highest BCUT2D eigenvalue weighted by molar-refractivity contribution is 6.31. The van der Waals surface area contributed by atoms with Crippen molar-refractivity contribution in [3.63, 3.8) is 0 Å². The molecule has 0 aliphatic carbocycles. The van der Waals surface area contributed by atoms with E-state index >= 15 is 0 Å². The van der Waals surface area contributed by atoms with Gasteiger partial charge in [0.05, 0.1) is 0 Å². The van der Waals surface area contributed by atoms with Gasteiger partial charge in [-0.1, -0.05) is 41.4 Å². The Labute approximate surface area is 169 Å². The Kier molecular flexibility index (Phi) is 5.55. The number of hydrogen-bond donors (Lipinski definition) is 2. The van der Waals surface area contributed by atoms with Gasteiger partial charge >= 0.3 is 0 Å². The first kappa shape index (κ1) is 18.6. The standard InChI is InChI=1S/C20H22Cl2N4O/c21-15-4-1-3-14(11-15)18-13-19(24-23-18)20(27)26-9-7-25(8-10-26)17-6-2-5-16(22)12-17/h1-6,11-12,18-19,23-24H,7-10,13H2. The summed E-state index contributed by atoms with van der Waals surface area (Å²) in [6.45, 7) is 3.05. The van der Waals surface area contributed by atoms with E-state index in [4.69, 9.17) is 23.2 Å². The third kappa shape index (κ3) is 4.22. The van der Waals surface area contributed by atoms with Crippen LogP contribution in [0, 0.1) is 0 Å². The van der Waals surface area contributed by atoms with E-state index in [0.29, 0.717) is 24.5 Å². The molecule has 0 saturated carbocycles. The Balaban J connectivity index is 1.33. The normalized spacial score (nSPS) is 22.9. The zero-order valence-corrected chi connectivity index (χ0v) is 16.4. The Morgan fingerprint density at radius 3 is 2.33 bits per heavy atom. The molecule has 1 amide bonds. The number of amides is 1. The molecule has 2 aromatic rings. The number of benzene rings is 2. The summed E-state index contributed by atoms with van der Waals surface area (Å²) in [4.78, 5) is 17.1. The summed E-state index contributed by atoms with van der Waals surface area (Å²) in [7, 11) is 0. The molecule has 5 nitrogen and oxygen atoms in total. The monoisotopic (exact) mass is 404 g/mol. The number of nitrogens with one attached hydrogen (secondary N) is 2. The fraction of sp³-hybridized carbons (Fsp3) is 0.350. The molecule has 2 saturated heterocycles. The molecule has 2 N–H and O–H groups in total. The largest absolute Gasteiger partial charge is 0.368 e. The quantitative estimate of drug-likeness (QED) is 0.823. The number of hydrogen-bond acceptors (Lipinski definition) is 4. The van der Waals surface area contributed by atoms with Gasteiger partial charge in [0.25, 0.3) is 0 Å². The van der Waals surface area contributed by atoms with Crippen molar-refractivity contribution in [1.82, 2.24) is 15.8 Å². The van der Waals surface area contributed by atoms with Crippen molar-refractivity contribution in [3.05, 3.63) is 64.1 Å². The fourth-order valence-corrected chi connectivity index (χ4v) is 4.12. The van der Waals surface area contributed by atoms with Crippen molar-refractivity contribution < 1.29 is 4.79 Å². The van der Waals surface area contributed by atoms with Crippen molar-refractivity contribution in [1.29, 1.82) is 0 Å². The van der Waals surface area contributed by atoms with E-state index in [9.17, 15) is 4.79 Å². The first-order valence-corrected chi connectivity index (χ1v) is 9.91. The molecule has 27 heavy (non-hydrogen) atoms. The number of piperazine rings is 1. The van der Waals surface area contributed by atoms with Gasteiger partial charge in [0, 0.05) is 48.0 Å². The second-order valence-electron chi connectivity index (χ2n) is 6.98. The second-order valence-corrected chi connectivity index (χ2v) is 7.85. The number of rotatable bonds is 3. The van der Waals surface area contributed by atoms with Crippen LogP contribution in [0.4, 0.5) is 5.69 Å². The van der Waals surface area contributed by atoms with Crippen LogP contribution in [0.25, 0.3) is 0 Å². The molecule has 2 unspecified atom stereocenters. The molecule has 2 fully saturated rings.